The SMILES string of the molecule is CC(C)[C@@H](C)C=C[C@@H](C)[C@H]1CCC23OC24CC(=O)C2=CC(=O)CC[C@]2(C)[C@H]4CC[C@]13C. The van der Waals surface area contributed by atoms with Gasteiger partial charge in [-0.05, 0) is 61.9 Å². The van der Waals surface area contributed by atoms with Gasteiger partial charge in [-0.25, -0.2) is 0 Å². The second kappa shape index (κ2) is 6.65. The highest BCUT2D eigenvalue weighted by Crippen LogP contribution is 2.80. The minimum absolute atomic E-state index is 0.126. The summed E-state index contributed by atoms with van der Waals surface area (Å²) in [4.78, 5) is 25.4. The van der Waals surface area contributed by atoms with Crippen LogP contribution in [0, 0.1) is 40.4 Å². The summed E-state index contributed by atoms with van der Waals surface area (Å²) in [6, 6.07) is 0. The number of hydrogen-bond acceptors (Lipinski definition) is 3. The van der Waals surface area contributed by atoms with Crippen LogP contribution < -0.4 is 0 Å². The third kappa shape index (κ3) is 2.62. The molecule has 0 amide bonds. The largest absolute Gasteiger partial charge is 0.361 e. The molecule has 4 fully saturated rings. The van der Waals surface area contributed by atoms with Gasteiger partial charge in [-0.3, -0.25) is 9.59 Å². The molecule has 2 spiro atoms. The molecule has 0 radical (unpaired) electrons. The summed E-state index contributed by atoms with van der Waals surface area (Å²) in [5, 5.41) is 0. The molecule has 0 aromatic rings. The number of carbonyl (C=O) groups is 2. The molecule has 31 heavy (non-hydrogen) atoms. The lowest BCUT2D eigenvalue weighted by molar-refractivity contribution is -0.127. The van der Waals surface area contributed by atoms with E-state index in [4.69, 9.17) is 4.74 Å². The first-order valence-electron chi connectivity index (χ1n) is 12.7. The zero-order valence-electron chi connectivity index (χ0n) is 20.3. The molecule has 8 atom stereocenters. The summed E-state index contributed by atoms with van der Waals surface area (Å²) in [7, 11) is 0. The highest BCUT2D eigenvalue weighted by atomic mass is 16.6. The van der Waals surface area contributed by atoms with Crippen LogP contribution in [0.3, 0.4) is 0 Å². The normalized spacial score (nSPS) is 48.0. The van der Waals surface area contributed by atoms with E-state index in [0.29, 0.717) is 42.4 Å². The molecule has 3 saturated carbocycles. The van der Waals surface area contributed by atoms with Crippen molar-refractivity contribution in [1.29, 1.82) is 0 Å². The van der Waals surface area contributed by atoms with Gasteiger partial charge in [0.25, 0.3) is 0 Å². The number of allylic oxidation sites excluding steroid dienone is 3. The van der Waals surface area contributed by atoms with Gasteiger partial charge in [0.15, 0.2) is 11.6 Å². The highest BCUT2D eigenvalue weighted by Gasteiger charge is 2.86. The molecule has 0 aromatic carbocycles. The first kappa shape index (κ1) is 21.6. The molecule has 2 unspecified atom stereocenters. The summed E-state index contributed by atoms with van der Waals surface area (Å²) >= 11 is 0. The Morgan fingerprint density at radius 1 is 1.03 bits per heavy atom. The second-order valence-electron chi connectivity index (χ2n) is 12.4. The van der Waals surface area contributed by atoms with Crippen LogP contribution in [0.2, 0.25) is 0 Å². The van der Waals surface area contributed by atoms with Crippen LogP contribution in [0.4, 0.5) is 0 Å². The van der Waals surface area contributed by atoms with Gasteiger partial charge in [0.1, 0.15) is 11.2 Å². The third-order valence-electron chi connectivity index (χ3n) is 10.8. The fourth-order valence-corrected chi connectivity index (χ4v) is 8.52. The fourth-order valence-electron chi connectivity index (χ4n) is 8.52. The Bertz CT molecular complexity index is 883. The van der Waals surface area contributed by atoms with Gasteiger partial charge in [-0.15, -0.1) is 0 Å². The van der Waals surface area contributed by atoms with Crippen molar-refractivity contribution < 1.29 is 14.3 Å². The lowest BCUT2D eigenvalue weighted by Crippen LogP contribution is -2.58. The van der Waals surface area contributed by atoms with Gasteiger partial charge >= 0.3 is 0 Å². The molecule has 5 aliphatic rings. The molecular formula is C28H40O3. The maximum atomic E-state index is 13.3. The van der Waals surface area contributed by atoms with Crippen LogP contribution in [0.25, 0.3) is 0 Å². The number of rotatable bonds is 4. The van der Waals surface area contributed by atoms with E-state index in [9.17, 15) is 9.59 Å². The van der Waals surface area contributed by atoms with E-state index >= 15 is 0 Å². The van der Waals surface area contributed by atoms with Gasteiger partial charge in [0.2, 0.25) is 0 Å². The molecule has 1 aliphatic heterocycles. The number of hydrogen-bond donors (Lipinski definition) is 0. The first-order valence-corrected chi connectivity index (χ1v) is 12.7. The standard InChI is InChI=1S/C28H40O3/c1-17(2)18(3)7-8-19(4)21-10-14-28-26(21,6)13-11-24-25(5)12-9-20(29)15-22(25)23(30)16-27(24,28)31-28/h7-8,15,17-19,21,24H,9-14,16H2,1-6H3/t18-,19+,21+,24+,25-,26+,27?,28?/m0/s1. The van der Waals surface area contributed by atoms with E-state index in [2.05, 4.69) is 53.7 Å². The molecule has 3 nitrogen and oxygen atoms in total. The van der Waals surface area contributed by atoms with E-state index in [0.717, 1.165) is 24.8 Å². The van der Waals surface area contributed by atoms with Crippen molar-refractivity contribution in [3.05, 3.63) is 23.8 Å². The Kier molecular flexibility index (Phi) is 4.64. The number of ether oxygens (including phenoxy) is 1. The average Bonchev–Trinajstić information content (AvgIpc) is 3.26. The fraction of sp³-hybridized carbons (Fsp3) is 0.786. The Morgan fingerprint density at radius 2 is 1.77 bits per heavy atom. The van der Waals surface area contributed by atoms with Gasteiger partial charge in [0.05, 0.1) is 0 Å². The lowest BCUT2D eigenvalue weighted by Gasteiger charge is -2.54. The van der Waals surface area contributed by atoms with Crippen molar-refractivity contribution in [3.8, 4) is 0 Å². The maximum absolute atomic E-state index is 13.3. The minimum Gasteiger partial charge on any atom is -0.361 e. The van der Waals surface area contributed by atoms with Crippen molar-refractivity contribution >= 4 is 11.6 Å². The molecule has 4 aliphatic carbocycles. The van der Waals surface area contributed by atoms with Gasteiger partial charge in [0, 0.05) is 35.2 Å². The second-order valence-corrected chi connectivity index (χ2v) is 12.4. The zero-order chi connectivity index (χ0) is 22.4. The van der Waals surface area contributed by atoms with Crippen molar-refractivity contribution in [2.45, 2.75) is 97.7 Å². The molecular weight excluding hydrogens is 384 g/mol. The van der Waals surface area contributed by atoms with Gasteiger partial charge in [-0.1, -0.05) is 53.7 Å². The summed E-state index contributed by atoms with van der Waals surface area (Å²) in [5.74, 6) is 3.07. The number of fused-ring (bicyclic) bond motifs is 2. The highest BCUT2D eigenvalue weighted by molar-refractivity contribution is 6.06. The molecule has 170 valence electrons. The summed E-state index contributed by atoms with van der Waals surface area (Å²) in [5.41, 5.74) is 0.334. The minimum atomic E-state index is -0.285. The van der Waals surface area contributed by atoms with E-state index in [-0.39, 0.29) is 33.6 Å². The molecule has 5 rings (SSSR count). The summed E-state index contributed by atoms with van der Waals surface area (Å²) in [6.07, 6.45) is 13.0. The molecule has 1 saturated heterocycles. The lowest BCUT2D eigenvalue weighted by atomic mass is 9.46. The first-order chi connectivity index (χ1) is 14.5. The van der Waals surface area contributed by atoms with Crippen molar-refractivity contribution in [2.75, 3.05) is 0 Å². The summed E-state index contributed by atoms with van der Waals surface area (Å²) < 4.78 is 6.88. The molecule has 3 heteroatoms. The van der Waals surface area contributed by atoms with Crippen molar-refractivity contribution in [3.63, 3.8) is 0 Å². The predicted molar refractivity (Wildman–Crippen MR) is 122 cm³/mol. The quantitative estimate of drug-likeness (QED) is 0.406. The number of ketones is 2. The van der Waals surface area contributed by atoms with Crippen LogP contribution in [-0.2, 0) is 14.3 Å². The molecule has 0 N–H and O–H groups in total. The molecule has 0 aromatic heterocycles. The van der Waals surface area contributed by atoms with Crippen LogP contribution >= 0.6 is 0 Å². The van der Waals surface area contributed by atoms with Crippen LogP contribution in [0.1, 0.15) is 86.5 Å². The van der Waals surface area contributed by atoms with Crippen molar-refractivity contribution in [1.82, 2.24) is 0 Å². The predicted octanol–water partition coefficient (Wildman–Crippen LogP) is 6.07. The Balaban J connectivity index is 1.46. The Hall–Kier alpha value is -1.22. The number of epoxide rings is 1. The van der Waals surface area contributed by atoms with Crippen LogP contribution in [0.15, 0.2) is 23.8 Å². The van der Waals surface area contributed by atoms with Crippen LogP contribution in [0.5, 0.6) is 0 Å². The zero-order valence-corrected chi connectivity index (χ0v) is 20.3. The molecule has 1 heterocycles. The van der Waals surface area contributed by atoms with Crippen molar-refractivity contribution in [2.24, 2.45) is 40.4 Å². The van der Waals surface area contributed by atoms with Gasteiger partial charge in [-0.2, -0.15) is 0 Å². The topological polar surface area (TPSA) is 46.7 Å². The van der Waals surface area contributed by atoms with E-state index in [1.807, 2.05) is 0 Å². The monoisotopic (exact) mass is 424 g/mol. The molecule has 0 bridgehead atoms. The summed E-state index contributed by atoms with van der Waals surface area (Å²) in [6.45, 7) is 14.0. The van der Waals surface area contributed by atoms with Crippen LogP contribution in [-0.4, -0.2) is 22.8 Å². The van der Waals surface area contributed by atoms with E-state index in [1.54, 1.807) is 6.08 Å². The Labute approximate surface area is 188 Å². The van der Waals surface area contributed by atoms with E-state index < -0.39 is 0 Å². The number of carbonyl (C=O) groups excluding carboxylic acids is 2. The van der Waals surface area contributed by atoms with E-state index in [1.165, 1.54) is 12.8 Å². The third-order valence-corrected chi connectivity index (χ3v) is 10.8. The maximum Gasteiger partial charge on any atom is 0.162 e. The Morgan fingerprint density at radius 3 is 2.48 bits per heavy atom. The average molecular weight is 425 g/mol. The van der Waals surface area contributed by atoms with Gasteiger partial charge < -0.3 is 4.74 Å². The number of Topliss-reactive ketones (excluding diaryl/α,β-unsaturated/α-hetero) is 1. The smallest absolute Gasteiger partial charge is 0.162 e.